The van der Waals surface area contributed by atoms with Gasteiger partial charge in [0, 0.05) is 38.8 Å². The molecule has 0 aliphatic rings. The Morgan fingerprint density at radius 2 is 1.10 bits per heavy atom. The van der Waals surface area contributed by atoms with Gasteiger partial charge in [-0.25, -0.2) is 15.0 Å². The van der Waals surface area contributed by atoms with E-state index in [4.69, 9.17) is 19.4 Å². The molecule has 0 aliphatic carbocycles. The Bertz CT molecular complexity index is 2850. The first kappa shape index (κ1) is 29.6. The molecule has 0 spiro atoms. The van der Waals surface area contributed by atoms with Crippen LogP contribution in [0.2, 0.25) is 0 Å². The van der Waals surface area contributed by atoms with Crippen LogP contribution in [-0.4, -0.2) is 15.0 Å². The fraction of sp³-hybridized carbons (Fsp3) is 0. The lowest BCUT2D eigenvalue weighted by Gasteiger charge is -2.24. The molecular weight excluding hydrogens is 637 g/mol. The molecule has 0 aliphatic heterocycles. The first-order chi connectivity index (χ1) is 25.8. The van der Waals surface area contributed by atoms with Crippen LogP contribution in [0.5, 0.6) is 0 Å². The first-order valence-corrected chi connectivity index (χ1v) is 17.2. The van der Waals surface area contributed by atoms with Crippen LogP contribution in [0.25, 0.3) is 77.6 Å². The monoisotopic (exact) mass is 664 g/mol. The molecule has 8 aromatic carbocycles. The minimum absolute atomic E-state index is 0.588. The first-order valence-electron chi connectivity index (χ1n) is 17.2. The highest BCUT2D eigenvalue weighted by Gasteiger charge is 2.21. The van der Waals surface area contributed by atoms with E-state index < -0.39 is 0 Å². The lowest BCUT2D eigenvalue weighted by molar-refractivity contribution is 0.669. The number of benzene rings is 7. The van der Waals surface area contributed by atoms with Gasteiger partial charge in [0.15, 0.2) is 17.5 Å². The highest BCUT2D eigenvalue weighted by molar-refractivity contribution is 6.22. The van der Waals surface area contributed by atoms with E-state index >= 15 is 0 Å². The maximum atomic E-state index is 6.65. The number of hydrogen-bond donors (Lipinski definition) is 0. The summed E-state index contributed by atoms with van der Waals surface area (Å²) in [6, 6.07) is 64.4. The zero-order valence-corrected chi connectivity index (χ0v) is 27.9. The van der Waals surface area contributed by atoms with Gasteiger partial charge in [-0.2, -0.15) is 0 Å². The van der Waals surface area contributed by atoms with E-state index in [0.717, 1.165) is 66.5 Å². The maximum absolute atomic E-state index is 6.65. The molecule has 2 aromatic heterocycles. The summed E-state index contributed by atoms with van der Waals surface area (Å²) in [6.45, 7) is 0. The quantitative estimate of drug-likeness (QED) is 0.177. The Labute approximate surface area is 300 Å². The zero-order chi connectivity index (χ0) is 34.4. The molecule has 0 N–H and O–H groups in total. The molecule has 0 saturated carbocycles. The van der Waals surface area contributed by atoms with Gasteiger partial charge in [-0.05, 0) is 76.1 Å². The van der Waals surface area contributed by atoms with Crippen LogP contribution in [0.4, 0.5) is 17.1 Å². The minimum atomic E-state index is 0.588. The summed E-state index contributed by atoms with van der Waals surface area (Å²) in [4.78, 5) is 17.3. The molecule has 10 aromatic rings. The summed E-state index contributed by atoms with van der Waals surface area (Å²) in [6.07, 6.45) is 0. The van der Waals surface area contributed by atoms with Gasteiger partial charge in [-0.3, -0.25) is 0 Å². The van der Waals surface area contributed by atoms with Gasteiger partial charge < -0.3 is 9.32 Å². The largest absolute Gasteiger partial charge is 0.456 e. The van der Waals surface area contributed by atoms with Crippen LogP contribution in [0.1, 0.15) is 0 Å². The van der Waals surface area contributed by atoms with Crippen LogP contribution in [0, 0.1) is 12.1 Å². The Kier molecular flexibility index (Phi) is 6.97. The third-order valence-corrected chi connectivity index (χ3v) is 9.53. The Balaban J connectivity index is 1.19. The van der Waals surface area contributed by atoms with Gasteiger partial charge in [0.05, 0.1) is 5.69 Å². The highest BCUT2D eigenvalue weighted by atomic mass is 16.3. The van der Waals surface area contributed by atoms with E-state index in [0.29, 0.717) is 17.5 Å². The fourth-order valence-corrected chi connectivity index (χ4v) is 7.10. The van der Waals surface area contributed by atoms with Crippen molar-refractivity contribution in [3.05, 3.63) is 182 Å². The van der Waals surface area contributed by atoms with Crippen molar-refractivity contribution >= 4 is 60.5 Å². The normalized spacial score (nSPS) is 11.3. The molecule has 52 heavy (non-hydrogen) atoms. The number of fused-ring (bicyclic) bond motifs is 6. The van der Waals surface area contributed by atoms with Crippen LogP contribution in [0.15, 0.2) is 174 Å². The molecule has 0 saturated heterocycles. The van der Waals surface area contributed by atoms with Crippen molar-refractivity contribution in [3.8, 4) is 34.2 Å². The van der Waals surface area contributed by atoms with Gasteiger partial charge in [0.1, 0.15) is 11.2 Å². The summed E-state index contributed by atoms with van der Waals surface area (Å²) >= 11 is 0. The number of hydrogen-bond acceptors (Lipinski definition) is 5. The molecule has 0 bridgehead atoms. The lowest BCUT2D eigenvalue weighted by atomic mass is 9.98. The fourth-order valence-electron chi connectivity index (χ4n) is 7.10. The molecule has 0 atom stereocenters. The average Bonchev–Trinajstić information content (AvgIpc) is 3.60. The van der Waals surface area contributed by atoms with Gasteiger partial charge >= 0.3 is 0 Å². The maximum Gasteiger partial charge on any atom is 0.164 e. The molecule has 2 heterocycles. The molecule has 0 amide bonds. The van der Waals surface area contributed by atoms with Crippen LogP contribution < -0.4 is 4.90 Å². The number of nitrogens with zero attached hydrogens (tertiary/aromatic N) is 4. The molecule has 0 unspecified atom stereocenters. The Hall–Kier alpha value is -7.29. The van der Waals surface area contributed by atoms with Crippen molar-refractivity contribution in [2.75, 3.05) is 4.90 Å². The van der Waals surface area contributed by atoms with Crippen LogP contribution in [0.3, 0.4) is 0 Å². The second kappa shape index (κ2) is 12.2. The summed E-state index contributed by atoms with van der Waals surface area (Å²) in [7, 11) is 0. The summed E-state index contributed by atoms with van der Waals surface area (Å²) in [5, 5.41) is 6.52. The van der Waals surface area contributed by atoms with Gasteiger partial charge in [-0.15, -0.1) is 0 Å². The Morgan fingerprint density at radius 3 is 1.83 bits per heavy atom. The van der Waals surface area contributed by atoms with Gasteiger partial charge in [0.25, 0.3) is 0 Å². The predicted molar refractivity (Wildman–Crippen MR) is 211 cm³/mol. The van der Waals surface area contributed by atoms with Crippen molar-refractivity contribution < 1.29 is 4.42 Å². The third-order valence-electron chi connectivity index (χ3n) is 9.53. The van der Waals surface area contributed by atoms with E-state index in [1.807, 2.05) is 72.8 Å². The Morgan fingerprint density at radius 1 is 0.462 bits per heavy atom. The standard InChI is InChI=1S/C47H28N4O/c1-4-15-32(16-5-1)45-48-46(33-17-6-2-7-18-33)50-47(49-45)40-30-43-44(39-23-13-12-22-38(39)40)41-29-37(26-27-42(41)52-43)51(35-20-8-3-9-21-35)36-25-24-31-14-10-11-19-34(31)28-36/h1-8,10-20,22-30H. The third kappa shape index (κ3) is 5.10. The molecule has 5 nitrogen and oxygen atoms in total. The SMILES string of the molecule is c1cccc(N(c2ccc3ccccc3c2)c2ccc3oc4cc(-c5nc(-c6ccccc6)nc(-c6ccccc6)n5)c5ccccc5c4c3c2)c#1. The number of aromatic nitrogens is 3. The second-order valence-electron chi connectivity index (χ2n) is 12.7. The topological polar surface area (TPSA) is 55.1 Å². The molecule has 10 rings (SSSR count). The van der Waals surface area contributed by atoms with Crippen molar-refractivity contribution in [3.63, 3.8) is 0 Å². The van der Waals surface area contributed by atoms with Crippen molar-refractivity contribution in [1.82, 2.24) is 15.0 Å². The highest BCUT2D eigenvalue weighted by Crippen LogP contribution is 2.43. The van der Waals surface area contributed by atoms with Gasteiger partial charge in [-0.1, -0.05) is 127 Å². The van der Waals surface area contributed by atoms with E-state index in [2.05, 4.69) is 114 Å². The predicted octanol–water partition coefficient (Wildman–Crippen LogP) is 12.1. The summed E-state index contributed by atoms with van der Waals surface area (Å²) in [5.74, 6) is 1.82. The van der Waals surface area contributed by atoms with E-state index in [1.54, 1.807) is 0 Å². The van der Waals surface area contributed by atoms with E-state index in [-0.39, 0.29) is 0 Å². The molecule has 242 valence electrons. The van der Waals surface area contributed by atoms with E-state index in [9.17, 15) is 0 Å². The van der Waals surface area contributed by atoms with Crippen molar-refractivity contribution in [2.45, 2.75) is 0 Å². The van der Waals surface area contributed by atoms with Crippen molar-refractivity contribution in [2.24, 2.45) is 0 Å². The van der Waals surface area contributed by atoms with Crippen molar-refractivity contribution in [1.29, 1.82) is 0 Å². The van der Waals surface area contributed by atoms with E-state index in [1.165, 1.54) is 10.8 Å². The second-order valence-corrected chi connectivity index (χ2v) is 12.7. The number of furan rings is 1. The smallest absolute Gasteiger partial charge is 0.164 e. The molecule has 0 radical (unpaired) electrons. The molecular formula is C47H28N4O. The summed E-state index contributed by atoms with van der Waals surface area (Å²) < 4.78 is 6.65. The number of anilines is 3. The van der Waals surface area contributed by atoms with Gasteiger partial charge in [0.2, 0.25) is 0 Å². The lowest BCUT2D eigenvalue weighted by Crippen LogP contribution is -2.09. The van der Waals surface area contributed by atoms with Crippen LogP contribution in [-0.2, 0) is 0 Å². The molecule has 5 heteroatoms. The minimum Gasteiger partial charge on any atom is -0.456 e. The van der Waals surface area contributed by atoms with Crippen LogP contribution >= 0.6 is 0 Å². The summed E-state index contributed by atoms with van der Waals surface area (Å²) in [5.41, 5.74) is 7.22. The average molecular weight is 665 g/mol. The molecule has 0 fully saturated rings. The zero-order valence-electron chi connectivity index (χ0n) is 27.9. The number of rotatable bonds is 6.